The van der Waals surface area contributed by atoms with Gasteiger partial charge in [-0.25, -0.2) is 0 Å². The SMILES string of the molecule is Cc1cc(C(=O)N2Cc3cccn3Cc3ccccc32)ccc1C1=CCC2CCC1C2. The van der Waals surface area contributed by atoms with Gasteiger partial charge in [-0.15, -0.1) is 0 Å². The molecule has 2 heterocycles. The molecule has 0 N–H and O–H groups in total. The molecular weight excluding hydrogens is 380 g/mol. The molecule has 2 aliphatic carbocycles. The fraction of sp³-hybridized carbons (Fsp3) is 0.321. The molecule has 156 valence electrons. The summed E-state index contributed by atoms with van der Waals surface area (Å²) in [5.41, 5.74) is 8.22. The van der Waals surface area contributed by atoms with Crippen molar-refractivity contribution in [3.63, 3.8) is 0 Å². The Morgan fingerprint density at radius 3 is 2.81 bits per heavy atom. The Kier molecular flexibility index (Phi) is 4.38. The van der Waals surface area contributed by atoms with E-state index in [9.17, 15) is 4.79 Å². The monoisotopic (exact) mass is 408 g/mol. The van der Waals surface area contributed by atoms with Crippen LogP contribution in [0.25, 0.3) is 5.57 Å². The van der Waals surface area contributed by atoms with Crippen molar-refractivity contribution in [2.75, 3.05) is 4.90 Å². The zero-order valence-electron chi connectivity index (χ0n) is 18.1. The highest BCUT2D eigenvalue weighted by Gasteiger charge is 2.32. The summed E-state index contributed by atoms with van der Waals surface area (Å²) in [5.74, 6) is 1.69. The van der Waals surface area contributed by atoms with E-state index in [1.165, 1.54) is 53.6 Å². The topological polar surface area (TPSA) is 25.2 Å². The van der Waals surface area contributed by atoms with Gasteiger partial charge in [-0.1, -0.05) is 30.3 Å². The van der Waals surface area contributed by atoms with Gasteiger partial charge in [0.25, 0.3) is 5.91 Å². The van der Waals surface area contributed by atoms with Gasteiger partial charge in [0.2, 0.25) is 0 Å². The first-order valence-electron chi connectivity index (χ1n) is 11.5. The molecule has 0 saturated heterocycles. The summed E-state index contributed by atoms with van der Waals surface area (Å²) < 4.78 is 2.24. The highest BCUT2D eigenvalue weighted by Crippen LogP contribution is 2.46. The zero-order valence-corrected chi connectivity index (χ0v) is 18.1. The second kappa shape index (κ2) is 7.26. The fourth-order valence-corrected chi connectivity index (χ4v) is 5.91. The van der Waals surface area contributed by atoms with Crippen LogP contribution in [0.1, 0.15) is 58.4 Å². The predicted molar refractivity (Wildman–Crippen MR) is 125 cm³/mol. The average molecular weight is 409 g/mol. The maximum atomic E-state index is 13.7. The molecule has 3 aliphatic rings. The first kappa shape index (κ1) is 18.7. The maximum Gasteiger partial charge on any atom is 0.258 e. The molecule has 0 spiro atoms. The molecule has 1 saturated carbocycles. The molecule has 1 aromatic heterocycles. The summed E-state index contributed by atoms with van der Waals surface area (Å²) >= 11 is 0. The molecule has 2 bridgehead atoms. The van der Waals surface area contributed by atoms with Crippen molar-refractivity contribution in [3.05, 3.63) is 94.8 Å². The molecule has 6 rings (SSSR count). The molecule has 1 fully saturated rings. The molecule has 31 heavy (non-hydrogen) atoms. The molecule has 1 aliphatic heterocycles. The summed E-state index contributed by atoms with van der Waals surface area (Å²) in [6, 6.07) is 18.8. The molecule has 3 nitrogen and oxygen atoms in total. The summed E-state index contributed by atoms with van der Waals surface area (Å²) in [6.07, 6.45) is 9.82. The number of benzene rings is 2. The van der Waals surface area contributed by atoms with E-state index in [4.69, 9.17) is 0 Å². The number of para-hydroxylation sites is 1. The lowest BCUT2D eigenvalue weighted by Gasteiger charge is -2.25. The number of hydrogen-bond acceptors (Lipinski definition) is 1. The van der Waals surface area contributed by atoms with Gasteiger partial charge in [-0.3, -0.25) is 4.79 Å². The first-order valence-corrected chi connectivity index (χ1v) is 11.5. The lowest BCUT2D eigenvalue weighted by molar-refractivity contribution is 0.0985. The lowest BCUT2D eigenvalue weighted by atomic mass is 9.83. The van der Waals surface area contributed by atoms with Gasteiger partial charge < -0.3 is 9.47 Å². The Morgan fingerprint density at radius 1 is 1.00 bits per heavy atom. The number of allylic oxidation sites excluding steroid dienone is 2. The van der Waals surface area contributed by atoms with E-state index in [-0.39, 0.29) is 5.91 Å². The van der Waals surface area contributed by atoms with E-state index >= 15 is 0 Å². The summed E-state index contributed by atoms with van der Waals surface area (Å²) in [6.45, 7) is 3.56. The predicted octanol–water partition coefficient (Wildman–Crippen LogP) is 6.21. The van der Waals surface area contributed by atoms with E-state index in [0.717, 1.165) is 23.7 Å². The lowest BCUT2D eigenvalue weighted by Crippen LogP contribution is -2.30. The molecule has 1 amide bonds. The van der Waals surface area contributed by atoms with Crippen LogP contribution in [0.5, 0.6) is 0 Å². The molecule has 2 atom stereocenters. The van der Waals surface area contributed by atoms with Gasteiger partial charge in [0, 0.05) is 29.7 Å². The second-order valence-corrected chi connectivity index (χ2v) is 9.45. The smallest absolute Gasteiger partial charge is 0.258 e. The summed E-state index contributed by atoms with van der Waals surface area (Å²) in [4.78, 5) is 15.7. The van der Waals surface area contributed by atoms with Gasteiger partial charge >= 0.3 is 0 Å². The minimum absolute atomic E-state index is 0.0790. The number of rotatable bonds is 2. The molecule has 0 radical (unpaired) electrons. The maximum absolute atomic E-state index is 13.7. The van der Waals surface area contributed by atoms with Crippen molar-refractivity contribution in [2.24, 2.45) is 11.8 Å². The van der Waals surface area contributed by atoms with Crippen molar-refractivity contribution in [1.29, 1.82) is 0 Å². The van der Waals surface area contributed by atoms with Gasteiger partial charge in [0.05, 0.1) is 6.54 Å². The molecule has 2 aromatic carbocycles. The standard InChI is InChI=1S/C28H28N2O/c1-19-15-22(11-13-25(19)26-12-9-20-8-10-21(26)16-20)28(31)30-18-24-6-4-14-29(24)17-23-5-2-3-7-27(23)30/h2-7,11-15,20-21H,8-10,16-18H2,1H3. The fourth-order valence-electron chi connectivity index (χ4n) is 5.91. The molecule has 3 heteroatoms. The molecule has 2 unspecified atom stereocenters. The quantitative estimate of drug-likeness (QED) is 0.495. The minimum Gasteiger partial charge on any atom is -0.345 e. The number of aryl methyl sites for hydroxylation is 1. The van der Waals surface area contributed by atoms with Crippen molar-refractivity contribution >= 4 is 17.2 Å². The zero-order chi connectivity index (χ0) is 20.9. The number of carbonyl (C=O) groups excluding carboxylic acids is 1. The normalized spacial score (nSPS) is 21.8. The van der Waals surface area contributed by atoms with Crippen molar-refractivity contribution < 1.29 is 4.79 Å². The van der Waals surface area contributed by atoms with E-state index in [1.807, 2.05) is 17.0 Å². The van der Waals surface area contributed by atoms with E-state index in [2.05, 4.69) is 66.2 Å². The van der Waals surface area contributed by atoms with Crippen LogP contribution in [0.3, 0.4) is 0 Å². The van der Waals surface area contributed by atoms with Crippen molar-refractivity contribution in [3.8, 4) is 0 Å². The van der Waals surface area contributed by atoms with Crippen molar-refractivity contribution in [1.82, 2.24) is 4.57 Å². The summed E-state index contributed by atoms with van der Waals surface area (Å²) in [5, 5.41) is 0. The van der Waals surface area contributed by atoms with Gasteiger partial charge in [-0.05, 0) is 97.0 Å². The van der Waals surface area contributed by atoms with E-state index in [0.29, 0.717) is 12.5 Å². The van der Waals surface area contributed by atoms with Crippen LogP contribution < -0.4 is 4.90 Å². The number of anilines is 1. The van der Waals surface area contributed by atoms with E-state index in [1.54, 1.807) is 0 Å². The molecular formula is C28H28N2O. The Labute approximate surface area is 184 Å². The second-order valence-electron chi connectivity index (χ2n) is 9.45. The number of carbonyl (C=O) groups is 1. The number of amides is 1. The average Bonchev–Trinajstić information content (AvgIpc) is 3.35. The highest BCUT2D eigenvalue weighted by molar-refractivity contribution is 6.06. The van der Waals surface area contributed by atoms with Gasteiger partial charge in [0.1, 0.15) is 0 Å². The first-order chi connectivity index (χ1) is 15.2. The van der Waals surface area contributed by atoms with Gasteiger partial charge in [-0.2, -0.15) is 0 Å². The number of fused-ring (bicyclic) bond motifs is 4. The van der Waals surface area contributed by atoms with Crippen LogP contribution in [-0.4, -0.2) is 10.5 Å². The third-order valence-electron chi connectivity index (χ3n) is 7.55. The van der Waals surface area contributed by atoms with Crippen LogP contribution in [0.2, 0.25) is 0 Å². The molecule has 3 aromatic rings. The van der Waals surface area contributed by atoms with E-state index < -0.39 is 0 Å². The van der Waals surface area contributed by atoms with Crippen LogP contribution in [-0.2, 0) is 13.1 Å². The minimum atomic E-state index is 0.0790. The third kappa shape index (κ3) is 3.15. The Morgan fingerprint density at radius 2 is 1.90 bits per heavy atom. The Balaban J connectivity index is 1.35. The number of aromatic nitrogens is 1. The third-order valence-corrected chi connectivity index (χ3v) is 7.55. The Hall–Kier alpha value is -3.07. The number of nitrogens with zero attached hydrogens (tertiary/aromatic N) is 2. The highest BCUT2D eigenvalue weighted by atomic mass is 16.2. The van der Waals surface area contributed by atoms with Crippen LogP contribution >= 0.6 is 0 Å². The van der Waals surface area contributed by atoms with Gasteiger partial charge in [0.15, 0.2) is 0 Å². The number of hydrogen-bond donors (Lipinski definition) is 0. The van der Waals surface area contributed by atoms with Crippen LogP contribution in [0.4, 0.5) is 5.69 Å². The van der Waals surface area contributed by atoms with Crippen LogP contribution in [0.15, 0.2) is 66.9 Å². The largest absolute Gasteiger partial charge is 0.345 e. The summed E-state index contributed by atoms with van der Waals surface area (Å²) in [7, 11) is 0. The van der Waals surface area contributed by atoms with Crippen molar-refractivity contribution in [2.45, 2.75) is 45.7 Å². The van der Waals surface area contributed by atoms with Crippen LogP contribution in [0, 0.1) is 18.8 Å². The Bertz CT molecular complexity index is 1200.